The van der Waals surface area contributed by atoms with Crippen molar-refractivity contribution in [2.75, 3.05) is 32.8 Å². The lowest BCUT2D eigenvalue weighted by molar-refractivity contribution is 0.295. The normalized spacial score (nSPS) is 11.9. The van der Waals surface area contributed by atoms with Gasteiger partial charge in [-0.15, -0.1) is 0 Å². The molecule has 2 N–H and O–H groups in total. The van der Waals surface area contributed by atoms with Gasteiger partial charge in [-0.25, -0.2) is 0 Å². The summed E-state index contributed by atoms with van der Waals surface area (Å²) < 4.78 is 10.9. The molecule has 3 nitrogen and oxygen atoms in total. The Bertz CT molecular complexity index is 110. The first-order valence-electron chi connectivity index (χ1n) is 2.92. The topological polar surface area (TPSA) is 49.3 Å². The maximum atomic E-state index is 10.9. The van der Waals surface area contributed by atoms with Crippen LogP contribution in [0, 0.1) is 0 Å². The van der Waals surface area contributed by atoms with Crippen LogP contribution < -0.4 is 5.32 Å². The molecule has 0 bridgehead atoms. The summed E-state index contributed by atoms with van der Waals surface area (Å²) in [5, 5.41) is 11.2. The smallest absolute Gasteiger partial charge is 0.0949 e. The van der Waals surface area contributed by atoms with Gasteiger partial charge in [-0.1, -0.05) is 0 Å². The minimum absolute atomic E-state index is 0.111. The fourth-order valence-corrected chi connectivity index (χ4v) is 1.12. The predicted octanol–water partition coefficient (Wildman–Crippen LogP) is 0.148. The minimum atomic E-state index is -1.92. The molecular weight excluding hydrogens is 137 g/mol. The van der Waals surface area contributed by atoms with E-state index in [-0.39, 0.29) is 6.61 Å². The van der Waals surface area contributed by atoms with Crippen molar-refractivity contribution in [3.63, 3.8) is 0 Å². The average molecular weight is 151 g/mol. The molecule has 0 aliphatic heterocycles. The van der Waals surface area contributed by atoms with E-state index in [1.54, 1.807) is 13.3 Å². The highest BCUT2D eigenvalue weighted by Crippen LogP contribution is 2.33. The van der Waals surface area contributed by atoms with Crippen LogP contribution in [-0.4, -0.2) is 37.9 Å². The van der Waals surface area contributed by atoms with Gasteiger partial charge in [-0.2, -0.15) is 0 Å². The van der Waals surface area contributed by atoms with Gasteiger partial charge in [-0.3, -0.25) is 0 Å². The lowest BCUT2D eigenvalue weighted by Crippen LogP contribution is -2.18. The second kappa shape index (κ2) is 4.04. The third kappa shape index (κ3) is 8.15. The van der Waals surface area contributed by atoms with Crippen molar-refractivity contribution in [3.8, 4) is 0 Å². The Morgan fingerprint density at radius 1 is 1.56 bits per heavy atom. The molecule has 0 aromatic rings. The van der Waals surface area contributed by atoms with Gasteiger partial charge in [0.1, 0.15) is 0 Å². The Morgan fingerprint density at radius 2 is 2.11 bits per heavy atom. The fraction of sp³-hybridized carbons (Fsp3) is 1.00. The molecule has 0 aromatic heterocycles. The molecule has 0 rings (SSSR count). The summed E-state index contributed by atoms with van der Waals surface area (Å²) in [6.45, 7) is 4.08. The zero-order valence-corrected chi connectivity index (χ0v) is 6.82. The minimum Gasteiger partial charge on any atom is -0.395 e. The number of rotatable bonds is 4. The van der Waals surface area contributed by atoms with Crippen LogP contribution in [0.1, 0.15) is 0 Å². The largest absolute Gasteiger partial charge is 0.395 e. The van der Waals surface area contributed by atoms with Crippen LogP contribution in [0.25, 0.3) is 0 Å². The SMILES string of the molecule is CP(C)(=O)CNCCO. The van der Waals surface area contributed by atoms with Gasteiger partial charge in [0.2, 0.25) is 0 Å². The molecule has 0 spiro atoms. The first-order chi connectivity index (χ1) is 4.06. The van der Waals surface area contributed by atoms with E-state index in [2.05, 4.69) is 5.32 Å². The summed E-state index contributed by atoms with van der Waals surface area (Å²) >= 11 is 0. The van der Waals surface area contributed by atoms with Crippen LogP contribution in [-0.2, 0) is 4.57 Å². The molecule has 0 aliphatic rings. The van der Waals surface area contributed by atoms with Crippen molar-refractivity contribution in [1.29, 1.82) is 0 Å². The zero-order chi connectivity index (χ0) is 7.33. The third-order valence-corrected chi connectivity index (χ3v) is 1.77. The molecule has 0 aromatic carbocycles. The Hall–Kier alpha value is 0.150. The number of hydrogen-bond acceptors (Lipinski definition) is 3. The molecule has 0 fully saturated rings. The van der Waals surface area contributed by atoms with E-state index >= 15 is 0 Å². The maximum absolute atomic E-state index is 10.9. The highest BCUT2D eigenvalue weighted by molar-refractivity contribution is 7.62. The van der Waals surface area contributed by atoms with E-state index in [0.717, 1.165) is 0 Å². The molecule has 0 unspecified atom stereocenters. The lowest BCUT2D eigenvalue weighted by Gasteiger charge is -2.05. The van der Waals surface area contributed by atoms with Crippen LogP contribution in [0.4, 0.5) is 0 Å². The number of aliphatic hydroxyl groups excluding tert-OH is 1. The summed E-state index contributed by atoms with van der Waals surface area (Å²) in [5.74, 6) is 0. The van der Waals surface area contributed by atoms with Crippen LogP contribution in [0.2, 0.25) is 0 Å². The standard InChI is InChI=1S/C5H14NO2P/c1-9(2,8)5-6-3-4-7/h6-7H,3-5H2,1-2H3. The Kier molecular flexibility index (Phi) is 4.11. The van der Waals surface area contributed by atoms with Crippen molar-refractivity contribution in [2.24, 2.45) is 0 Å². The van der Waals surface area contributed by atoms with Gasteiger partial charge in [0, 0.05) is 12.8 Å². The number of hydrogen-bond donors (Lipinski definition) is 2. The molecule has 0 atom stereocenters. The predicted molar refractivity (Wildman–Crippen MR) is 39.4 cm³/mol. The summed E-state index contributed by atoms with van der Waals surface area (Å²) in [4.78, 5) is 0. The van der Waals surface area contributed by atoms with Gasteiger partial charge in [0.25, 0.3) is 0 Å². The second-order valence-electron chi connectivity index (χ2n) is 2.46. The summed E-state index contributed by atoms with van der Waals surface area (Å²) in [5.41, 5.74) is 0. The molecule has 56 valence electrons. The Labute approximate surface area is 55.8 Å². The van der Waals surface area contributed by atoms with Crippen molar-refractivity contribution in [2.45, 2.75) is 0 Å². The number of aliphatic hydroxyl groups is 1. The van der Waals surface area contributed by atoms with E-state index in [0.29, 0.717) is 12.8 Å². The molecule has 0 heterocycles. The first-order valence-corrected chi connectivity index (χ1v) is 5.70. The molecule has 0 saturated carbocycles. The quantitative estimate of drug-likeness (QED) is 0.444. The molecule has 0 radical (unpaired) electrons. The second-order valence-corrected chi connectivity index (χ2v) is 5.92. The summed E-state index contributed by atoms with van der Waals surface area (Å²) in [7, 11) is -1.92. The van der Waals surface area contributed by atoms with Gasteiger partial charge in [0.05, 0.1) is 13.7 Å². The van der Waals surface area contributed by atoms with Gasteiger partial charge >= 0.3 is 0 Å². The van der Waals surface area contributed by atoms with Gasteiger partial charge < -0.3 is 15.0 Å². The van der Waals surface area contributed by atoms with Crippen molar-refractivity contribution >= 4 is 7.14 Å². The van der Waals surface area contributed by atoms with E-state index in [1.165, 1.54) is 0 Å². The molecule has 0 aliphatic carbocycles. The van der Waals surface area contributed by atoms with E-state index in [1.807, 2.05) is 0 Å². The summed E-state index contributed by atoms with van der Waals surface area (Å²) in [6, 6.07) is 0. The third-order valence-electron chi connectivity index (χ3n) is 0.781. The van der Waals surface area contributed by atoms with E-state index < -0.39 is 7.14 Å². The molecule has 0 amide bonds. The van der Waals surface area contributed by atoms with Crippen LogP contribution >= 0.6 is 7.14 Å². The van der Waals surface area contributed by atoms with Gasteiger partial charge in [0.15, 0.2) is 0 Å². The highest BCUT2D eigenvalue weighted by Gasteiger charge is 2.03. The monoisotopic (exact) mass is 151 g/mol. The zero-order valence-electron chi connectivity index (χ0n) is 5.92. The first kappa shape index (κ1) is 9.15. The Balaban J connectivity index is 3.18. The Morgan fingerprint density at radius 3 is 2.44 bits per heavy atom. The van der Waals surface area contributed by atoms with Crippen LogP contribution in [0.15, 0.2) is 0 Å². The molecular formula is C5H14NO2P. The van der Waals surface area contributed by atoms with Gasteiger partial charge in [-0.05, 0) is 13.3 Å². The van der Waals surface area contributed by atoms with Crippen molar-refractivity contribution in [1.82, 2.24) is 5.32 Å². The number of nitrogens with one attached hydrogen (secondary N) is 1. The van der Waals surface area contributed by atoms with Crippen LogP contribution in [0.3, 0.4) is 0 Å². The molecule has 0 saturated heterocycles. The van der Waals surface area contributed by atoms with Crippen molar-refractivity contribution < 1.29 is 9.67 Å². The molecule has 4 heteroatoms. The summed E-state index contributed by atoms with van der Waals surface area (Å²) in [6.07, 6.45) is 0.521. The average Bonchev–Trinajstić information content (AvgIpc) is 1.63. The van der Waals surface area contributed by atoms with Crippen molar-refractivity contribution in [3.05, 3.63) is 0 Å². The molecule has 9 heavy (non-hydrogen) atoms. The maximum Gasteiger partial charge on any atom is 0.0949 e. The van der Waals surface area contributed by atoms with E-state index in [4.69, 9.17) is 5.11 Å². The highest BCUT2D eigenvalue weighted by atomic mass is 31.2. The lowest BCUT2D eigenvalue weighted by atomic mass is 10.7. The fourth-order valence-electron chi connectivity index (χ4n) is 0.427. The van der Waals surface area contributed by atoms with E-state index in [9.17, 15) is 4.57 Å². The van der Waals surface area contributed by atoms with Crippen LogP contribution in [0.5, 0.6) is 0 Å².